The van der Waals surface area contributed by atoms with E-state index in [4.69, 9.17) is 18.9 Å². The Morgan fingerprint density at radius 1 is 0.333 bits per heavy atom. The number of rotatable bonds is 79. The Balaban J connectivity index is 1.57. The largest absolute Gasteiger partial charge is 0.394 e. The summed E-state index contributed by atoms with van der Waals surface area (Å²) in [4.78, 5) is 13.4. The summed E-state index contributed by atoms with van der Waals surface area (Å²) in [5, 5.41) is 87.8. The smallest absolute Gasteiger partial charge is 0.220 e. The molecule has 0 spiro atoms. The molecule has 1 amide bonds. The van der Waals surface area contributed by atoms with Gasteiger partial charge in [-0.3, -0.25) is 4.79 Å². The number of aliphatic hydroxyl groups is 8. The van der Waals surface area contributed by atoms with Crippen LogP contribution in [0.3, 0.4) is 0 Å². The minimum Gasteiger partial charge on any atom is -0.394 e. The Hall–Kier alpha value is -1.79. The third-order valence-corrected chi connectivity index (χ3v) is 22.6. The molecule has 0 aromatic carbocycles. The van der Waals surface area contributed by atoms with Crippen LogP contribution in [-0.2, 0) is 23.7 Å². The van der Waals surface area contributed by atoms with Gasteiger partial charge >= 0.3 is 0 Å². The standard InChI is InChI=1S/C91H173NO13/c1-3-5-7-9-11-13-15-17-19-21-23-25-27-29-31-33-35-37-38-39-40-41-43-45-47-49-51-53-55-57-59-61-63-65-67-69-71-73-75-83(96)92-79(78-102-90-88(101)86(99)89(82(77-94)104-90)105-91-87(100)85(98)84(97)81(76-93)103-91)80(95)74-72-70-68-66-64-62-60-58-56-54-52-50-48-46-44-42-36-34-32-30-28-26-24-22-20-18-16-14-12-10-8-6-4-2/h56,58,64,66,72,74,79-82,84-91,93-95,97-101H,3-55,57,59-63,65,67-71,73,75-78H2,1-2H3,(H,92,96)/b58-56+,66-64+,74-72+. The number of unbranched alkanes of at least 4 members (excludes halogenated alkanes) is 62. The third kappa shape index (κ3) is 57.0. The van der Waals surface area contributed by atoms with Crippen LogP contribution in [0, 0.1) is 0 Å². The van der Waals surface area contributed by atoms with E-state index in [9.17, 15) is 45.6 Å². The van der Waals surface area contributed by atoms with Gasteiger partial charge in [0.2, 0.25) is 5.91 Å². The summed E-state index contributed by atoms with van der Waals surface area (Å²) in [6.07, 6.45) is 84.3. The fourth-order valence-corrected chi connectivity index (χ4v) is 15.4. The van der Waals surface area contributed by atoms with Gasteiger partial charge in [0.25, 0.3) is 0 Å². The number of aliphatic hydroxyl groups excluding tert-OH is 8. The number of allylic oxidation sites excluding steroid dienone is 5. The van der Waals surface area contributed by atoms with Gasteiger partial charge < -0.3 is 65.1 Å². The SMILES string of the molecule is CCCCCCCCCCCCCCCCCCCCCCCCC/C=C/CC/C=C/CC/C=C/C(O)C(COC1OC(CO)C(OC2OC(CO)C(O)C(O)C2O)C(O)C1O)NC(=O)CCCCCCCCCCCCCCCCCCCCCCCCCCCCCCCCCCCCCCCC. The molecular formula is C91H173NO13. The first kappa shape index (κ1) is 99.3. The number of nitrogens with one attached hydrogen (secondary N) is 1. The molecular weight excluding hydrogens is 1310 g/mol. The average Bonchev–Trinajstić information content (AvgIpc) is 0.790. The van der Waals surface area contributed by atoms with Crippen molar-refractivity contribution in [2.45, 2.75) is 518 Å². The van der Waals surface area contributed by atoms with Crippen LogP contribution in [0.2, 0.25) is 0 Å². The summed E-state index contributed by atoms with van der Waals surface area (Å²) < 4.78 is 22.9. The number of carbonyl (C=O) groups is 1. The maximum Gasteiger partial charge on any atom is 0.220 e. The molecule has 12 atom stereocenters. The zero-order chi connectivity index (χ0) is 75.8. The zero-order valence-electron chi connectivity index (χ0n) is 68.5. The fraction of sp³-hybridized carbons (Fsp3) is 0.923. The van der Waals surface area contributed by atoms with Gasteiger partial charge in [-0.1, -0.05) is 429 Å². The molecule has 0 aromatic heterocycles. The minimum absolute atomic E-state index is 0.244. The molecule has 0 aliphatic carbocycles. The summed E-state index contributed by atoms with van der Waals surface area (Å²) in [5.74, 6) is -0.244. The Morgan fingerprint density at radius 3 is 0.933 bits per heavy atom. The van der Waals surface area contributed by atoms with E-state index in [1.165, 1.54) is 366 Å². The molecule has 0 radical (unpaired) electrons. The van der Waals surface area contributed by atoms with Gasteiger partial charge in [0.05, 0.1) is 32.0 Å². The quantitative estimate of drug-likeness (QED) is 0.0204. The number of carbonyl (C=O) groups excluding carboxylic acids is 1. The van der Waals surface area contributed by atoms with E-state index >= 15 is 0 Å². The van der Waals surface area contributed by atoms with E-state index in [1.807, 2.05) is 6.08 Å². The molecule has 0 aromatic rings. The lowest BCUT2D eigenvalue weighted by molar-refractivity contribution is -0.359. The molecule has 620 valence electrons. The molecule has 2 fully saturated rings. The molecule has 2 aliphatic rings. The lowest BCUT2D eigenvalue weighted by Gasteiger charge is -2.46. The average molecular weight is 1490 g/mol. The van der Waals surface area contributed by atoms with Crippen LogP contribution in [0.1, 0.15) is 444 Å². The highest BCUT2D eigenvalue weighted by Crippen LogP contribution is 2.31. The number of hydrogen-bond acceptors (Lipinski definition) is 13. The van der Waals surface area contributed by atoms with Crippen molar-refractivity contribution >= 4 is 5.91 Å². The molecule has 14 nitrogen and oxygen atoms in total. The molecule has 2 rings (SSSR count). The van der Waals surface area contributed by atoms with E-state index in [-0.39, 0.29) is 18.9 Å². The summed E-state index contributed by atoms with van der Waals surface area (Å²) in [7, 11) is 0. The normalized spacial score (nSPS) is 21.5. The van der Waals surface area contributed by atoms with Crippen molar-refractivity contribution in [3.05, 3.63) is 36.5 Å². The van der Waals surface area contributed by atoms with Crippen LogP contribution >= 0.6 is 0 Å². The van der Waals surface area contributed by atoms with E-state index < -0.39 is 86.8 Å². The van der Waals surface area contributed by atoms with E-state index in [0.29, 0.717) is 12.8 Å². The van der Waals surface area contributed by atoms with Gasteiger partial charge in [0, 0.05) is 6.42 Å². The van der Waals surface area contributed by atoms with Crippen molar-refractivity contribution in [3.63, 3.8) is 0 Å². The molecule has 105 heavy (non-hydrogen) atoms. The van der Waals surface area contributed by atoms with Crippen molar-refractivity contribution in [1.29, 1.82) is 0 Å². The second-order valence-corrected chi connectivity index (χ2v) is 32.4. The van der Waals surface area contributed by atoms with Crippen LogP contribution in [0.15, 0.2) is 36.5 Å². The molecule has 2 saturated heterocycles. The Labute approximate surface area is 646 Å². The highest BCUT2D eigenvalue weighted by atomic mass is 16.7. The molecule has 14 heteroatoms. The van der Waals surface area contributed by atoms with Crippen LogP contribution in [0.25, 0.3) is 0 Å². The van der Waals surface area contributed by atoms with Gasteiger partial charge in [-0.05, 0) is 44.9 Å². The van der Waals surface area contributed by atoms with Crippen LogP contribution in [0.5, 0.6) is 0 Å². The van der Waals surface area contributed by atoms with E-state index in [2.05, 4.69) is 43.5 Å². The maximum atomic E-state index is 13.4. The Bertz CT molecular complexity index is 1900. The van der Waals surface area contributed by atoms with Gasteiger partial charge in [0.1, 0.15) is 48.8 Å². The predicted molar refractivity (Wildman–Crippen MR) is 438 cm³/mol. The number of hydrogen-bond donors (Lipinski definition) is 9. The predicted octanol–water partition coefficient (Wildman–Crippen LogP) is 22.3. The van der Waals surface area contributed by atoms with Crippen molar-refractivity contribution in [2.24, 2.45) is 0 Å². The fourth-order valence-electron chi connectivity index (χ4n) is 15.4. The first-order valence-corrected chi connectivity index (χ1v) is 45.7. The molecule has 0 saturated carbocycles. The van der Waals surface area contributed by atoms with Crippen molar-refractivity contribution in [3.8, 4) is 0 Å². The van der Waals surface area contributed by atoms with Crippen LogP contribution in [-0.4, -0.2) is 140 Å². The Kier molecular flexibility index (Phi) is 70.8. The van der Waals surface area contributed by atoms with E-state index in [0.717, 1.165) is 44.9 Å². The molecule has 2 heterocycles. The zero-order valence-corrected chi connectivity index (χ0v) is 68.5. The van der Waals surface area contributed by atoms with Crippen LogP contribution < -0.4 is 5.32 Å². The highest BCUT2D eigenvalue weighted by Gasteiger charge is 2.51. The minimum atomic E-state index is -1.79. The molecule has 9 N–H and O–H groups in total. The van der Waals surface area contributed by atoms with Crippen molar-refractivity contribution < 1.29 is 64.6 Å². The first-order chi connectivity index (χ1) is 51.6. The third-order valence-electron chi connectivity index (χ3n) is 22.6. The van der Waals surface area contributed by atoms with Crippen molar-refractivity contribution in [1.82, 2.24) is 5.32 Å². The molecule has 0 bridgehead atoms. The first-order valence-electron chi connectivity index (χ1n) is 45.7. The van der Waals surface area contributed by atoms with Gasteiger partial charge in [0.15, 0.2) is 12.6 Å². The second-order valence-electron chi connectivity index (χ2n) is 32.4. The van der Waals surface area contributed by atoms with Gasteiger partial charge in [-0.15, -0.1) is 0 Å². The number of amides is 1. The molecule has 12 unspecified atom stereocenters. The summed E-state index contributed by atoms with van der Waals surface area (Å²) in [6.45, 7) is 2.86. The van der Waals surface area contributed by atoms with E-state index in [1.54, 1.807) is 6.08 Å². The number of ether oxygens (including phenoxy) is 4. The van der Waals surface area contributed by atoms with Gasteiger partial charge in [-0.2, -0.15) is 0 Å². The van der Waals surface area contributed by atoms with Crippen LogP contribution in [0.4, 0.5) is 0 Å². The topological polar surface area (TPSA) is 228 Å². The molecule has 2 aliphatic heterocycles. The summed E-state index contributed by atoms with van der Waals surface area (Å²) in [6, 6.07) is -0.939. The monoisotopic (exact) mass is 1490 g/mol. The summed E-state index contributed by atoms with van der Waals surface area (Å²) >= 11 is 0. The maximum absolute atomic E-state index is 13.4. The second kappa shape index (κ2) is 74.9. The summed E-state index contributed by atoms with van der Waals surface area (Å²) in [5.41, 5.74) is 0. The van der Waals surface area contributed by atoms with Crippen molar-refractivity contribution in [2.75, 3.05) is 19.8 Å². The van der Waals surface area contributed by atoms with Gasteiger partial charge in [-0.25, -0.2) is 0 Å². The lowest BCUT2D eigenvalue weighted by Crippen LogP contribution is -2.65. The lowest BCUT2D eigenvalue weighted by atomic mass is 9.97. The Morgan fingerprint density at radius 2 is 0.610 bits per heavy atom. The highest BCUT2D eigenvalue weighted by molar-refractivity contribution is 5.76.